The van der Waals surface area contributed by atoms with Crippen molar-refractivity contribution in [2.24, 2.45) is 5.73 Å². The summed E-state index contributed by atoms with van der Waals surface area (Å²) in [6.45, 7) is 0. The van der Waals surface area contributed by atoms with E-state index < -0.39 is 5.97 Å². The van der Waals surface area contributed by atoms with Gasteiger partial charge in [0, 0.05) is 12.2 Å². The SMILES string of the molecule is NC1CCCCC1n1nccc1C(=O)O. The van der Waals surface area contributed by atoms with Gasteiger partial charge in [-0.15, -0.1) is 0 Å². The Morgan fingerprint density at radius 2 is 2.27 bits per heavy atom. The molecular formula is C10H15N3O2. The van der Waals surface area contributed by atoms with E-state index >= 15 is 0 Å². The summed E-state index contributed by atoms with van der Waals surface area (Å²) in [4.78, 5) is 10.9. The van der Waals surface area contributed by atoms with Crippen LogP contribution in [0.4, 0.5) is 0 Å². The minimum absolute atomic E-state index is 0.0248. The lowest BCUT2D eigenvalue weighted by Crippen LogP contribution is -2.36. The first-order chi connectivity index (χ1) is 7.20. The van der Waals surface area contributed by atoms with Crippen LogP contribution in [0.1, 0.15) is 42.2 Å². The van der Waals surface area contributed by atoms with Gasteiger partial charge in [-0.05, 0) is 18.9 Å². The van der Waals surface area contributed by atoms with Gasteiger partial charge in [0.05, 0.1) is 6.04 Å². The highest BCUT2D eigenvalue weighted by Crippen LogP contribution is 2.27. The van der Waals surface area contributed by atoms with Crippen molar-refractivity contribution in [3.8, 4) is 0 Å². The standard InChI is InChI=1S/C10H15N3O2/c11-7-3-1-2-4-8(7)13-9(10(14)15)5-6-12-13/h5-8H,1-4,11H2,(H,14,15). The molecule has 0 spiro atoms. The largest absolute Gasteiger partial charge is 0.477 e. The van der Waals surface area contributed by atoms with Crippen molar-refractivity contribution in [3.63, 3.8) is 0 Å². The summed E-state index contributed by atoms with van der Waals surface area (Å²) in [5.74, 6) is -0.940. The predicted octanol–water partition coefficient (Wildman–Crippen LogP) is 1.02. The quantitative estimate of drug-likeness (QED) is 0.762. The van der Waals surface area contributed by atoms with Crippen LogP contribution in [0.15, 0.2) is 12.3 Å². The van der Waals surface area contributed by atoms with Crippen LogP contribution in [0.5, 0.6) is 0 Å². The predicted molar refractivity (Wildman–Crippen MR) is 54.7 cm³/mol. The van der Waals surface area contributed by atoms with Crippen LogP contribution in [0, 0.1) is 0 Å². The van der Waals surface area contributed by atoms with Crippen molar-refractivity contribution in [2.75, 3.05) is 0 Å². The number of carbonyl (C=O) groups is 1. The Bertz CT molecular complexity index is 361. The maximum atomic E-state index is 10.9. The average molecular weight is 209 g/mol. The van der Waals surface area contributed by atoms with Crippen LogP contribution in [0.3, 0.4) is 0 Å². The van der Waals surface area contributed by atoms with Crippen LogP contribution < -0.4 is 5.73 Å². The molecule has 1 saturated carbocycles. The van der Waals surface area contributed by atoms with Gasteiger partial charge in [0.15, 0.2) is 0 Å². The lowest BCUT2D eigenvalue weighted by molar-refractivity contribution is 0.0677. The van der Waals surface area contributed by atoms with Crippen LogP contribution in [0.2, 0.25) is 0 Å². The van der Waals surface area contributed by atoms with Crippen molar-refractivity contribution in [1.29, 1.82) is 0 Å². The Morgan fingerprint density at radius 3 is 2.93 bits per heavy atom. The number of aromatic carboxylic acids is 1. The highest BCUT2D eigenvalue weighted by Gasteiger charge is 2.26. The molecule has 1 fully saturated rings. The van der Waals surface area contributed by atoms with Crippen LogP contribution >= 0.6 is 0 Å². The third kappa shape index (κ3) is 1.87. The lowest BCUT2D eigenvalue weighted by atomic mass is 9.91. The molecule has 15 heavy (non-hydrogen) atoms. The number of carboxylic acid groups (broad SMARTS) is 1. The van der Waals surface area contributed by atoms with E-state index in [0.29, 0.717) is 0 Å². The highest BCUT2D eigenvalue weighted by atomic mass is 16.4. The molecule has 0 aliphatic heterocycles. The summed E-state index contributed by atoms with van der Waals surface area (Å²) >= 11 is 0. The summed E-state index contributed by atoms with van der Waals surface area (Å²) in [6, 6.07) is 1.58. The van der Waals surface area contributed by atoms with E-state index in [1.807, 2.05) is 0 Å². The van der Waals surface area contributed by atoms with Gasteiger partial charge in [0.2, 0.25) is 0 Å². The van der Waals surface area contributed by atoms with E-state index in [0.717, 1.165) is 25.7 Å². The van der Waals surface area contributed by atoms with Gasteiger partial charge in [-0.1, -0.05) is 12.8 Å². The van der Waals surface area contributed by atoms with Gasteiger partial charge < -0.3 is 10.8 Å². The number of rotatable bonds is 2. The normalized spacial score (nSPS) is 26.5. The topological polar surface area (TPSA) is 81.1 Å². The molecule has 1 aliphatic rings. The molecule has 1 aliphatic carbocycles. The number of nitrogens with two attached hydrogens (primary N) is 1. The Kier molecular flexibility index (Phi) is 2.73. The molecule has 2 atom stereocenters. The maximum absolute atomic E-state index is 10.9. The minimum atomic E-state index is -0.940. The molecule has 1 heterocycles. The molecule has 2 rings (SSSR count). The first-order valence-electron chi connectivity index (χ1n) is 5.22. The maximum Gasteiger partial charge on any atom is 0.354 e. The molecule has 1 aromatic rings. The molecule has 82 valence electrons. The van der Waals surface area contributed by atoms with Gasteiger partial charge in [-0.3, -0.25) is 4.68 Å². The zero-order chi connectivity index (χ0) is 10.8. The molecule has 0 bridgehead atoms. The van der Waals surface area contributed by atoms with Crippen molar-refractivity contribution in [2.45, 2.75) is 37.8 Å². The second-order valence-electron chi connectivity index (χ2n) is 3.98. The van der Waals surface area contributed by atoms with Gasteiger partial charge in [-0.2, -0.15) is 5.10 Å². The zero-order valence-corrected chi connectivity index (χ0v) is 8.47. The van der Waals surface area contributed by atoms with E-state index in [1.54, 1.807) is 4.68 Å². The number of carboxylic acids is 1. The molecule has 0 aromatic carbocycles. The van der Waals surface area contributed by atoms with E-state index in [4.69, 9.17) is 10.8 Å². The molecular weight excluding hydrogens is 194 g/mol. The van der Waals surface area contributed by atoms with Gasteiger partial charge in [0.1, 0.15) is 5.69 Å². The summed E-state index contributed by atoms with van der Waals surface area (Å²) in [6.07, 6.45) is 5.61. The van der Waals surface area contributed by atoms with Crippen LogP contribution in [-0.2, 0) is 0 Å². The Balaban J connectivity index is 2.27. The molecule has 2 unspecified atom stereocenters. The summed E-state index contributed by atoms with van der Waals surface area (Å²) in [5.41, 5.74) is 6.22. The van der Waals surface area contributed by atoms with Crippen LogP contribution in [-0.4, -0.2) is 26.9 Å². The number of nitrogens with zero attached hydrogens (tertiary/aromatic N) is 2. The van der Waals surface area contributed by atoms with Crippen molar-refractivity contribution in [3.05, 3.63) is 18.0 Å². The van der Waals surface area contributed by atoms with Gasteiger partial charge in [0.25, 0.3) is 0 Å². The Hall–Kier alpha value is -1.36. The molecule has 1 aromatic heterocycles. The zero-order valence-electron chi connectivity index (χ0n) is 8.47. The van der Waals surface area contributed by atoms with E-state index in [9.17, 15) is 4.79 Å². The molecule has 5 nitrogen and oxygen atoms in total. The van der Waals surface area contributed by atoms with Gasteiger partial charge >= 0.3 is 5.97 Å². The van der Waals surface area contributed by atoms with Crippen molar-refractivity contribution >= 4 is 5.97 Å². The minimum Gasteiger partial charge on any atom is -0.477 e. The van der Waals surface area contributed by atoms with Crippen LogP contribution in [0.25, 0.3) is 0 Å². The first-order valence-corrected chi connectivity index (χ1v) is 5.22. The summed E-state index contributed by atoms with van der Waals surface area (Å²) < 4.78 is 1.56. The number of hydrogen-bond donors (Lipinski definition) is 2. The molecule has 0 amide bonds. The van der Waals surface area contributed by atoms with Gasteiger partial charge in [-0.25, -0.2) is 4.79 Å². The lowest BCUT2D eigenvalue weighted by Gasteiger charge is -2.29. The third-order valence-electron chi connectivity index (χ3n) is 2.99. The molecule has 0 radical (unpaired) electrons. The van der Waals surface area contributed by atoms with E-state index in [-0.39, 0.29) is 17.8 Å². The molecule has 5 heteroatoms. The van der Waals surface area contributed by atoms with Crippen molar-refractivity contribution < 1.29 is 9.90 Å². The fourth-order valence-corrected chi connectivity index (χ4v) is 2.19. The number of hydrogen-bond acceptors (Lipinski definition) is 3. The molecule has 0 saturated heterocycles. The third-order valence-corrected chi connectivity index (χ3v) is 2.99. The monoisotopic (exact) mass is 209 g/mol. The van der Waals surface area contributed by atoms with E-state index in [1.165, 1.54) is 12.3 Å². The second kappa shape index (κ2) is 4.02. The number of aromatic nitrogens is 2. The van der Waals surface area contributed by atoms with Crippen molar-refractivity contribution in [1.82, 2.24) is 9.78 Å². The fourth-order valence-electron chi connectivity index (χ4n) is 2.19. The molecule has 3 N–H and O–H groups in total. The average Bonchev–Trinajstić information content (AvgIpc) is 2.67. The fraction of sp³-hybridized carbons (Fsp3) is 0.600. The summed E-state index contributed by atoms with van der Waals surface area (Å²) in [7, 11) is 0. The second-order valence-corrected chi connectivity index (χ2v) is 3.98. The first kappa shape index (κ1) is 10.2. The summed E-state index contributed by atoms with van der Waals surface area (Å²) in [5, 5.41) is 13.0. The highest BCUT2D eigenvalue weighted by molar-refractivity contribution is 5.85. The Labute approximate surface area is 87.9 Å². The van der Waals surface area contributed by atoms with E-state index in [2.05, 4.69) is 5.10 Å². The Morgan fingerprint density at radius 1 is 1.53 bits per heavy atom. The smallest absolute Gasteiger partial charge is 0.354 e.